The van der Waals surface area contributed by atoms with Gasteiger partial charge in [0.15, 0.2) is 0 Å². The third kappa shape index (κ3) is 3.03. The summed E-state index contributed by atoms with van der Waals surface area (Å²) in [5, 5.41) is 9.44. The van der Waals surface area contributed by atoms with Crippen LogP contribution in [0.1, 0.15) is 13.3 Å². The number of allylic oxidation sites excluding steroid dienone is 2. The second kappa shape index (κ2) is 4.82. The van der Waals surface area contributed by atoms with E-state index in [9.17, 15) is 9.90 Å². The molecule has 0 aliphatic heterocycles. The van der Waals surface area contributed by atoms with Crippen LogP contribution in [0.4, 0.5) is 0 Å². The Labute approximate surface area is 77.7 Å². The molecule has 72 valence electrons. The van der Waals surface area contributed by atoms with E-state index < -0.39 is 6.10 Å². The molecule has 3 heteroatoms. The van der Waals surface area contributed by atoms with Gasteiger partial charge in [0.2, 0.25) is 0 Å². The number of ether oxygens (including phenoxy) is 1. The number of esters is 1. The molecule has 0 aromatic rings. The van der Waals surface area contributed by atoms with Crippen LogP contribution >= 0.6 is 0 Å². The highest BCUT2D eigenvalue weighted by Gasteiger charge is 2.19. The van der Waals surface area contributed by atoms with Crippen LogP contribution in [0.5, 0.6) is 0 Å². The van der Waals surface area contributed by atoms with Gasteiger partial charge in [-0.2, -0.15) is 0 Å². The summed E-state index contributed by atoms with van der Waals surface area (Å²) in [5.74, 6) is -0.393. The third-order valence-electron chi connectivity index (χ3n) is 1.92. The minimum atomic E-state index is -0.561. The highest BCUT2D eigenvalue weighted by atomic mass is 16.5. The maximum absolute atomic E-state index is 11.1. The molecule has 0 aromatic heterocycles. The molecular formula is C10H14O3. The topological polar surface area (TPSA) is 46.5 Å². The van der Waals surface area contributed by atoms with E-state index in [1.165, 1.54) is 0 Å². The minimum Gasteiger partial charge on any atom is -0.466 e. The molecule has 0 radical (unpaired) electrons. The Kier molecular flexibility index (Phi) is 3.71. The molecule has 1 aliphatic rings. The average molecular weight is 182 g/mol. The van der Waals surface area contributed by atoms with Crippen LogP contribution in [0, 0.1) is 5.92 Å². The van der Waals surface area contributed by atoms with Crippen LogP contribution in [-0.4, -0.2) is 23.8 Å². The smallest absolute Gasteiger partial charge is 0.306 e. The molecule has 0 saturated carbocycles. The molecule has 0 amide bonds. The molecule has 0 saturated heterocycles. The van der Waals surface area contributed by atoms with Gasteiger partial charge in [-0.25, -0.2) is 0 Å². The van der Waals surface area contributed by atoms with E-state index in [-0.39, 0.29) is 18.3 Å². The van der Waals surface area contributed by atoms with Gasteiger partial charge in [0.05, 0.1) is 19.1 Å². The molecule has 2 atom stereocenters. The molecule has 1 N–H and O–H groups in total. The van der Waals surface area contributed by atoms with Crippen LogP contribution in [-0.2, 0) is 9.53 Å². The van der Waals surface area contributed by atoms with Gasteiger partial charge in [-0.3, -0.25) is 4.79 Å². The van der Waals surface area contributed by atoms with Crippen LogP contribution in [0.3, 0.4) is 0 Å². The highest BCUT2D eigenvalue weighted by molar-refractivity contribution is 5.70. The zero-order valence-corrected chi connectivity index (χ0v) is 7.64. The SMILES string of the molecule is CCOC(=O)CC1C=CC=CC1O. The largest absolute Gasteiger partial charge is 0.466 e. The standard InChI is InChI=1S/C10H14O3/c1-2-13-10(12)7-8-5-3-4-6-9(8)11/h3-6,8-9,11H,2,7H2,1H3. The van der Waals surface area contributed by atoms with E-state index in [1.54, 1.807) is 19.1 Å². The highest BCUT2D eigenvalue weighted by Crippen LogP contribution is 2.16. The van der Waals surface area contributed by atoms with Crippen molar-refractivity contribution in [3.05, 3.63) is 24.3 Å². The molecule has 0 spiro atoms. The first-order chi connectivity index (χ1) is 6.24. The summed E-state index contributed by atoms with van der Waals surface area (Å²) in [7, 11) is 0. The first kappa shape index (κ1) is 9.99. The first-order valence-electron chi connectivity index (χ1n) is 4.42. The summed E-state index contributed by atoms with van der Waals surface area (Å²) in [5.41, 5.74) is 0. The molecule has 3 nitrogen and oxygen atoms in total. The molecule has 1 aliphatic carbocycles. The van der Waals surface area contributed by atoms with E-state index in [0.29, 0.717) is 6.61 Å². The summed E-state index contributed by atoms with van der Waals surface area (Å²) in [6.07, 6.45) is 6.78. The molecule has 0 fully saturated rings. The van der Waals surface area contributed by atoms with Gasteiger partial charge in [0.1, 0.15) is 0 Å². The fourth-order valence-electron chi connectivity index (χ4n) is 1.24. The van der Waals surface area contributed by atoms with Gasteiger partial charge in [-0.05, 0) is 6.92 Å². The van der Waals surface area contributed by atoms with E-state index in [2.05, 4.69) is 0 Å². The van der Waals surface area contributed by atoms with Gasteiger partial charge in [-0.15, -0.1) is 0 Å². The van der Waals surface area contributed by atoms with Crippen molar-refractivity contribution in [2.45, 2.75) is 19.4 Å². The number of carbonyl (C=O) groups excluding carboxylic acids is 1. The maximum Gasteiger partial charge on any atom is 0.306 e. The predicted molar refractivity (Wildman–Crippen MR) is 49.0 cm³/mol. The van der Waals surface area contributed by atoms with E-state index in [0.717, 1.165) is 0 Å². The van der Waals surface area contributed by atoms with Crippen molar-refractivity contribution < 1.29 is 14.6 Å². The fraction of sp³-hybridized carbons (Fsp3) is 0.500. The lowest BCUT2D eigenvalue weighted by molar-refractivity contribution is -0.144. The van der Waals surface area contributed by atoms with Crippen molar-refractivity contribution in [1.82, 2.24) is 0 Å². The zero-order valence-electron chi connectivity index (χ0n) is 7.64. The average Bonchev–Trinajstić information content (AvgIpc) is 2.09. The summed E-state index contributed by atoms with van der Waals surface area (Å²) in [4.78, 5) is 11.1. The second-order valence-corrected chi connectivity index (χ2v) is 2.93. The number of carbonyl (C=O) groups is 1. The summed E-state index contributed by atoms with van der Waals surface area (Å²) in [6.45, 7) is 2.16. The zero-order chi connectivity index (χ0) is 9.68. The summed E-state index contributed by atoms with van der Waals surface area (Å²) >= 11 is 0. The number of rotatable bonds is 3. The lowest BCUT2D eigenvalue weighted by atomic mass is 9.94. The van der Waals surface area contributed by atoms with Crippen molar-refractivity contribution in [3.63, 3.8) is 0 Å². The quantitative estimate of drug-likeness (QED) is 0.663. The molecule has 0 heterocycles. The second-order valence-electron chi connectivity index (χ2n) is 2.93. The number of aliphatic hydroxyl groups is 1. The fourth-order valence-corrected chi connectivity index (χ4v) is 1.24. The van der Waals surface area contributed by atoms with Crippen LogP contribution in [0.15, 0.2) is 24.3 Å². The normalized spacial score (nSPS) is 26.0. The minimum absolute atomic E-state index is 0.135. The molecular weight excluding hydrogens is 168 g/mol. The Morgan fingerprint density at radius 2 is 2.15 bits per heavy atom. The third-order valence-corrected chi connectivity index (χ3v) is 1.92. The van der Waals surface area contributed by atoms with Crippen LogP contribution in [0.2, 0.25) is 0 Å². The Bertz CT molecular complexity index is 230. The number of aliphatic hydroxyl groups excluding tert-OH is 1. The Hall–Kier alpha value is -1.09. The number of hydrogen-bond donors (Lipinski definition) is 1. The Morgan fingerprint density at radius 1 is 1.46 bits per heavy atom. The van der Waals surface area contributed by atoms with Crippen molar-refractivity contribution >= 4 is 5.97 Å². The summed E-state index contributed by atoms with van der Waals surface area (Å²) < 4.78 is 4.78. The van der Waals surface area contributed by atoms with E-state index >= 15 is 0 Å². The Morgan fingerprint density at radius 3 is 2.77 bits per heavy atom. The predicted octanol–water partition coefficient (Wildman–Crippen LogP) is 1.04. The monoisotopic (exact) mass is 182 g/mol. The van der Waals surface area contributed by atoms with Gasteiger partial charge < -0.3 is 9.84 Å². The van der Waals surface area contributed by atoms with E-state index in [4.69, 9.17) is 4.74 Å². The summed E-state index contributed by atoms with van der Waals surface area (Å²) in [6, 6.07) is 0. The van der Waals surface area contributed by atoms with Crippen LogP contribution < -0.4 is 0 Å². The Balaban J connectivity index is 2.40. The van der Waals surface area contributed by atoms with Gasteiger partial charge in [0, 0.05) is 5.92 Å². The van der Waals surface area contributed by atoms with Crippen molar-refractivity contribution in [2.24, 2.45) is 5.92 Å². The van der Waals surface area contributed by atoms with Crippen LogP contribution in [0.25, 0.3) is 0 Å². The molecule has 0 aromatic carbocycles. The van der Waals surface area contributed by atoms with Gasteiger partial charge in [-0.1, -0.05) is 24.3 Å². The number of hydrogen-bond acceptors (Lipinski definition) is 3. The van der Waals surface area contributed by atoms with Crippen molar-refractivity contribution in [2.75, 3.05) is 6.61 Å². The lowest BCUT2D eigenvalue weighted by Crippen LogP contribution is -2.22. The lowest BCUT2D eigenvalue weighted by Gasteiger charge is -2.17. The molecule has 13 heavy (non-hydrogen) atoms. The molecule has 0 bridgehead atoms. The maximum atomic E-state index is 11.1. The van der Waals surface area contributed by atoms with Crippen molar-refractivity contribution in [3.8, 4) is 0 Å². The van der Waals surface area contributed by atoms with Gasteiger partial charge in [0.25, 0.3) is 0 Å². The molecule has 2 unspecified atom stereocenters. The van der Waals surface area contributed by atoms with Crippen molar-refractivity contribution in [1.29, 1.82) is 0 Å². The van der Waals surface area contributed by atoms with E-state index in [1.807, 2.05) is 12.2 Å². The molecule has 1 rings (SSSR count). The van der Waals surface area contributed by atoms with Gasteiger partial charge >= 0.3 is 5.97 Å². The first-order valence-corrected chi connectivity index (χ1v) is 4.42.